The van der Waals surface area contributed by atoms with E-state index in [1.54, 1.807) is 30.3 Å². The fraction of sp³-hybridized carbons (Fsp3) is 0.280. The van der Waals surface area contributed by atoms with Gasteiger partial charge in [-0.3, -0.25) is 14.5 Å². The SMILES string of the molecule is COc1ccc(-c2conc2-c2cc(OC)c(OC)c(OC)c2)cc1NC(=O)N(C)C(=O)CCC(=O)O. The van der Waals surface area contributed by atoms with Gasteiger partial charge in [-0.15, -0.1) is 0 Å². The van der Waals surface area contributed by atoms with Crippen molar-refractivity contribution >= 4 is 23.6 Å². The number of rotatable bonds is 10. The Morgan fingerprint density at radius 2 is 1.57 bits per heavy atom. The van der Waals surface area contributed by atoms with Gasteiger partial charge in [-0.25, -0.2) is 4.79 Å². The molecular formula is C25H27N3O9. The summed E-state index contributed by atoms with van der Waals surface area (Å²) in [6.07, 6.45) is 0.759. The molecule has 0 fully saturated rings. The maximum atomic E-state index is 12.7. The third-order valence-corrected chi connectivity index (χ3v) is 5.49. The summed E-state index contributed by atoms with van der Waals surface area (Å²) in [5.41, 5.74) is 2.60. The first-order valence-electron chi connectivity index (χ1n) is 11.0. The highest BCUT2D eigenvalue weighted by atomic mass is 16.5. The van der Waals surface area contributed by atoms with Crippen LogP contribution in [0.3, 0.4) is 0 Å². The van der Waals surface area contributed by atoms with Crippen molar-refractivity contribution in [3.63, 3.8) is 0 Å². The van der Waals surface area contributed by atoms with Crippen LogP contribution >= 0.6 is 0 Å². The lowest BCUT2D eigenvalue weighted by Crippen LogP contribution is -2.36. The number of hydrogen-bond donors (Lipinski definition) is 2. The minimum absolute atomic E-state index is 0.278. The number of carbonyl (C=O) groups is 3. The number of carbonyl (C=O) groups excluding carboxylic acids is 2. The molecule has 0 saturated heterocycles. The summed E-state index contributed by atoms with van der Waals surface area (Å²) in [5.74, 6) is -0.135. The van der Waals surface area contributed by atoms with Crippen molar-refractivity contribution < 1.29 is 43.0 Å². The number of ether oxygens (including phenoxy) is 4. The van der Waals surface area contributed by atoms with Gasteiger partial charge in [-0.1, -0.05) is 11.2 Å². The van der Waals surface area contributed by atoms with Gasteiger partial charge >= 0.3 is 12.0 Å². The molecule has 12 heteroatoms. The van der Waals surface area contributed by atoms with Crippen LogP contribution in [0.5, 0.6) is 23.0 Å². The molecule has 37 heavy (non-hydrogen) atoms. The zero-order valence-electron chi connectivity index (χ0n) is 21.0. The normalized spacial score (nSPS) is 10.4. The highest BCUT2D eigenvalue weighted by molar-refractivity contribution is 6.02. The summed E-state index contributed by atoms with van der Waals surface area (Å²) in [7, 11) is 7.22. The van der Waals surface area contributed by atoms with E-state index in [-0.39, 0.29) is 18.5 Å². The van der Waals surface area contributed by atoms with Crippen molar-refractivity contribution in [3.05, 3.63) is 36.6 Å². The van der Waals surface area contributed by atoms with Crippen LogP contribution in [-0.4, -0.2) is 68.6 Å². The number of anilines is 1. The number of benzene rings is 2. The number of amides is 3. The molecule has 1 heterocycles. The lowest BCUT2D eigenvalue weighted by Gasteiger charge is -2.18. The van der Waals surface area contributed by atoms with E-state index in [4.69, 9.17) is 28.6 Å². The van der Waals surface area contributed by atoms with Gasteiger partial charge in [0, 0.05) is 24.6 Å². The molecule has 0 aliphatic carbocycles. The number of carboxylic acids is 1. The summed E-state index contributed by atoms with van der Waals surface area (Å²) >= 11 is 0. The van der Waals surface area contributed by atoms with Crippen molar-refractivity contribution in [2.75, 3.05) is 40.8 Å². The van der Waals surface area contributed by atoms with E-state index in [0.717, 1.165) is 4.90 Å². The predicted octanol–water partition coefficient (Wildman–Crippen LogP) is 3.90. The number of aromatic nitrogens is 1. The first kappa shape index (κ1) is 26.9. The molecule has 3 rings (SSSR count). The van der Waals surface area contributed by atoms with E-state index in [1.165, 1.54) is 41.8 Å². The van der Waals surface area contributed by atoms with E-state index < -0.39 is 17.9 Å². The monoisotopic (exact) mass is 513 g/mol. The van der Waals surface area contributed by atoms with E-state index in [1.807, 2.05) is 0 Å². The van der Waals surface area contributed by atoms with Crippen LogP contribution in [0, 0.1) is 0 Å². The average Bonchev–Trinajstić information content (AvgIpc) is 3.40. The first-order valence-corrected chi connectivity index (χ1v) is 11.0. The van der Waals surface area contributed by atoms with Crippen molar-refractivity contribution in [2.45, 2.75) is 12.8 Å². The van der Waals surface area contributed by atoms with E-state index in [9.17, 15) is 14.4 Å². The topological polar surface area (TPSA) is 150 Å². The van der Waals surface area contributed by atoms with E-state index >= 15 is 0 Å². The molecule has 0 bridgehead atoms. The maximum absolute atomic E-state index is 12.7. The fourth-order valence-corrected chi connectivity index (χ4v) is 3.53. The number of aliphatic carboxylic acids is 1. The number of carboxylic acid groups (broad SMARTS) is 1. The smallest absolute Gasteiger partial charge is 0.328 e. The Labute approximate surface area is 212 Å². The fourth-order valence-electron chi connectivity index (χ4n) is 3.53. The minimum Gasteiger partial charge on any atom is -0.495 e. The lowest BCUT2D eigenvalue weighted by molar-refractivity contribution is -0.139. The average molecular weight is 514 g/mol. The maximum Gasteiger partial charge on any atom is 0.328 e. The van der Waals surface area contributed by atoms with Gasteiger partial charge in [0.15, 0.2) is 11.5 Å². The molecule has 0 atom stereocenters. The van der Waals surface area contributed by atoms with Crippen LogP contribution in [0.4, 0.5) is 10.5 Å². The Kier molecular flexibility index (Phi) is 8.56. The molecule has 0 aliphatic heterocycles. The van der Waals surface area contributed by atoms with Gasteiger partial charge in [0.1, 0.15) is 17.7 Å². The van der Waals surface area contributed by atoms with Crippen molar-refractivity contribution in [1.82, 2.24) is 10.1 Å². The van der Waals surface area contributed by atoms with Crippen LogP contribution in [0.25, 0.3) is 22.4 Å². The molecule has 0 saturated carbocycles. The number of hydrogen-bond acceptors (Lipinski definition) is 9. The molecule has 2 aromatic carbocycles. The van der Waals surface area contributed by atoms with Gasteiger partial charge in [0.25, 0.3) is 0 Å². The molecule has 2 N–H and O–H groups in total. The van der Waals surface area contributed by atoms with Crippen LogP contribution in [0.15, 0.2) is 41.1 Å². The quantitative estimate of drug-likeness (QED) is 0.409. The molecule has 0 radical (unpaired) electrons. The lowest BCUT2D eigenvalue weighted by atomic mass is 10.0. The highest BCUT2D eigenvalue weighted by Crippen LogP contribution is 2.43. The second kappa shape index (κ2) is 11.8. The Balaban J connectivity index is 1.96. The molecule has 0 aliphatic rings. The van der Waals surface area contributed by atoms with Gasteiger partial charge < -0.3 is 33.9 Å². The van der Waals surface area contributed by atoms with E-state index in [2.05, 4.69) is 10.5 Å². The van der Waals surface area contributed by atoms with E-state index in [0.29, 0.717) is 45.4 Å². The Morgan fingerprint density at radius 3 is 2.14 bits per heavy atom. The number of urea groups is 1. The molecule has 196 valence electrons. The Morgan fingerprint density at radius 1 is 0.919 bits per heavy atom. The molecule has 3 amide bonds. The van der Waals surface area contributed by atoms with Crippen LogP contribution in [0.1, 0.15) is 12.8 Å². The van der Waals surface area contributed by atoms with Crippen molar-refractivity contribution in [1.29, 1.82) is 0 Å². The van der Waals surface area contributed by atoms with Crippen molar-refractivity contribution in [2.24, 2.45) is 0 Å². The zero-order valence-corrected chi connectivity index (χ0v) is 21.0. The summed E-state index contributed by atoms with van der Waals surface area (Å²) in [4.78, 5) is 36.4. The van der Waals surface area contributed by atoms with Crippen molar-refractivity contribution in [3.8, 4) is 45.4 Å². The summed E-state index contributed by atoms with van der Waals surface area (Å²) in [6, 6.07) is 7.74. The third-order valence-electron chi connectivity index (χ3n) is 5.49. The van der Waals surface area contributed by atoms with Gasteiger partial charge in [-0.2, -0.15) is 0 Å². The van der Waals surface area contributed by atoms with Crippen LogP contribution in [0.2, 0.25) is 0 Å². The first-order chi connectivity index (χ1) is 17.7. The summed E-state index contributed by atoms with van der Waals surface area (Å²) in [6.45, 7) is 0. The Hall–Kier alpha value is -4.74. The third kappa shape index (κ3) is 5.92. The standard InChI is InChI=1S/C25H27N3O9/c1-28(21(29)8-9-22(30)31)25(32)26-17-10-14(6-7-18(17)33-2)16-13-37-27-23(16)15-11-19(34-3)24(36-5)20(12-15)35-4/h6-7,10-13H,8-9H2,1-5H3,(H,26,32)(H,30,31). The molecular weight excluding hydrogens is 486 g/mol. The second-order valence-corrected chi connectivity index (χ2v) is 7.68. The van der Waals surface area contributed by atoms with Crippen LogP contribution < -0.4 is 24.3 Å². The summed E-state index contributed by atoms with van der Waals surface area (Å²) in [5, 5.41) is 15.5. The number of nitrogens with one attached hydrogen (secondary N) is 1. The second-order valence-electron chi connectivity index (χ2n) is 7.68. The number of imide groups is 1. The van der Waals surface area contributed by atoms with Crippen LogP contribution in [-0.2, 0) is 9.59 Å². The largest absolute Gasteiger partial charge is 0.495 e. The van der Waals surface area contributed by atoms with Gasteiger partial charge in [0.2, 0.25) is 11.7 Å². The highest BCUT2D eigenvalue weighted by Gasteiger charge is 2.22. The number of nitrogens with zero attached hydrogens (tertiary/aromatic N) is 2. The number of methoxy groups -OCH3 is 4. The zero-order chi connectivity index (χ0) is 27.1. The predicted molar refractivity (Wildman–Crippen MR) is 132 cm³/mol. The molecule has 12 nitrogen and oxygen atoms in total. The molecule has 1 aromatic heterocycles. The minimum atomic E-state index is -1.13. The molecule has 0 unspecified atom stereocenters. The Bertz CT molecular complexity index is 1280. The summed E-state index contributed by atoms with van der Waals surface area (Å²) < 4.78 is 26.9. The van der Waals surface area contributed by atoms with Gasteiger partial charge in [-0.05, 0) is 29.8 Å². The molecule has 3 aromatic rings. The molecule has 0 spiro atoms. The van der Waals surface area contributed by atoms with Gasteiger partial charge in [0.05, 0.1) is 40.5 Å².